The van der Waals surface area contributed by atoms with Gasteiger partial charge in [0.25, 0.3) is 5.91 Å². The molecular weight excluding hydrogens is 284 g/mol. The maximum Gasteiger partial charge on any atom is 0.250 e. The van der Waals surface area contributed by atoms with Crippen molar-refractivity contribution in [1.29, 1.82) is 0 Å². The van der Waals surface area contributed by atoms with Crippen LogP contribution >= 0.6 is 22.9 Å². The molecule has 0 radical (unpaired) electrons. The monoisotopic (exact) mass is 298 g/mol. The highest BCUT2D eigenvalue weighted by Crippen LogP contribution is 2.22. The molecule has 2 heterocycles. The van der Waals surface area contributed by atoms with E-state index in [1.54, 1.807) is 24.7 Å². The fourth-order valence-corrected chi connectivity index (χ4v) is 2.47. The van der Waals surface area contributed by atoms with E-state index in [0.29, 0.717) is 15.8 Å². The predicted molar refractivity (Wildman–Crippen MR) is 76.9 cm³/mol. The minimum Gasteiger partial charge on any atom is -0.300 e. The maximum atomic E-state index is 12.1. The summed E-state index contributed by atoms with van der Waals surface area (Å²) in [5, 5.41) is 8.17. The SMILES string of the molecule is Cc1nn(C(C)C(=O)Nc2nc(C)c(C)s2)cc1Cl. The Labute approximate surface area is 120 Å². The lowest BCUT2D eigenvalue weighted by Gasteiger charge is -2.10. The van der Waals surface area contributed by atoms with Gasteiger partial charge in [0.15, 0.2) is 5.13 Å². The highest BCUT2D eigenvalue weighted by Gasteiger charge is 2.18. The molecule has 2 rings (SSSR count). The summed E-state index contributed by atoms with van der Waals surface area (Å²) >= 11 is 7.40. The first-order valence-corrected chi connectivity index (χ1v) is 7.04. The molecule has 7 heteroatoms. The molecule has 0 aliphatic rings. The zero-order valence-corrected chi connectivity index (χ0v) is 12.8. The van der Waals surface area contributed by atoms with Gasteiger partial charge in [-0.1, -0.05) is 11.6 Å². The van der Waals surface area contributed by atoms with Crippen LogP contribution in [-0.2, 0) is 4.79 Å². The number of hydrogen-bond acceptors (Lipinski definition) is 4. The van der Waals surface area contributed by atoms with E-state index in [0.717, 1.165) is 10.6 Å². The van der Waals surface area contributed by atoms with Crippen molar-refractivity contribution in [2.24, 2.45) is 0 Å². The summed E-state index contributed by atoms with van der Waals surface area (Å²) in [4.78, 5) is 17.5. The van der Waals surface area contributed by atoms with Crippen molar-refractivity contribution in [2.45, 2.75) is 33.7 Å². The van der Waals surface area contributed by atoms with Crippen molar-refractivity contribution in [2.75, 3.05) is 5.32 Å². The molecule has 1 amide bonds. The fraction of sp³-hybridized carbons (Fsp3) is 0.417. The third kappa shape index (κ3) is 2.96. The third-order valence-electron chi connectivity index (χ3n) is 2.89. The summed E-state index contributed by atoms with van der Waals surface area (Å²) in [6, 6.07) is -0.435. The number of carbonyl (C=O) groups excluding carboxylic acids is 1. The number of nitrogens with one attached hydrogen (secondary N) is 1. The number of hydrogen-bond donors (Lipinski definition) is 1. The average molecular weight is 299 g/mol. The Bertz CT molecular complexity index is 580. The second-order valence-electron chi connectivity index (χ2n) is 4.37. The summed E-state index contributed by atoms with van der Waals surface area (Å²) < 4.78 is 1.56. The van der Waals surface area contributed by atoms with Gasteiger partial charge in [-0.25, -0.2) is 4.98 Å². The highest BCUT2D eigenvalue weighted by molar-refractivity contribution is 7.15. The maximum absolute atomic E-state index is 12.1. The van der Waals surface area contributed by atoms with E-state index in [2.05, 4.69) is 15.4 Å². The van der Waals surface area contributed by atoms with Gasteiger partial charge in [-0.05, 0) is 27.7 Å². The van der Waals surface area contributed by atoms with Gasteiger partial charge in [0.05, 0.1) is 16.4 Å². The minimum atomic E-state index is -0.435. The molecule has 1 unspecified atom stereocenters. The quantitative estimate of drug-likeness (QED) is 0.947. The summed E-state index contributed by atoms with van der Waals surface area (Å²) in [6.45, 7) is 7.46. The van der Waals surface area contributed by atoms with Gasteiger partial charge in [-0.3, -0.25) is 9.48 Å². The first kappa shape index (κ1) is 14.0. The average Bonchev–Trinajstić information content (AvgIpc) is 2.82. The van der Waals surface area contributed by atoms with Gasteiger partial charge >= 0.3 is 0 Å². The van der Waals surface area contributed by atoms with E-state index >= 15 is 0 Å². The normalized spacial score (nSPS) is 12.5. The number of thiazole rings is 1. The number of aromatic nitrogens is 3. The van der Waals surface area contributed by atoms with Crippen molar-refractivity contribution in [3.63, 3.8) is 0 Å². The largest absolute Gasteiger partial charge is 0.300 e. The van der Waals surface area contributed by atoms with Crippen LogP contribution in [0.15, 0.2) is 6.20 Å². The van der Waals surface area contributed by atoms with Gasteiger partial charge in [-0.2, -0.15) is 5.10 Å². The Kier molecular flexibility index (Phi) is 3.91. The first-order chi connectivity index (χ1) is 8.88. The number of carbonyl (C=O) groups is 1. The van der Waals surface area contributed by atoms with E-state index in [9.17, 15) is 4.79 Å². The molecule has 102 valence electrons. The fourth-order valence-electron chi connectivity index (χ4n) is 1.51. The molecule has 0 aromatic carbocycles. The van der Waals surface area contributed by atoms with Gasteiger partial charge < -0.3 is 5.32 Å². The molecule has 2 aromatic heterocycles. The Morgan fingerprint density at radius 1 is 1.42 bits per heavy atom. The van der Waals surface area contributed by atoms with Crippen LogP contribution in [0.2, 0.25) is 5.02 Å². The van der Waals surface area contributed by atoms with Crippen LogP contribution in [-0.4, -0.2) is 20.7 Å². The summed E-state index contributed by atoms with van der Waals surface area (Å²) in [7, 11) is 0. The molecule has 1 atom stereocenters. The molecule has 0 aliphatic heterocycles. The third-order valence-corrected chi connectivity index (χ3v) is 4.25. The minimum absolute atomic E-state index is 0.159. The standard InChI is InChI=1S/C12H15ClN4OS/c1-6-9(4)19-12(14-6)15-11(18)8(3)17-5-10(13)7(2)16-17/h5,8H,1-4H3,(H,14,15,18). The Hall–Kier alpha value is -1.40. The lowest BCUT2D eigenvalue weighted by Crippen LogP contribution is -2.24. The van der Waals surface area contributed by atoms with E-state index in [1.165, 1.54) is 11.3 Å². The number of halogens is 1. The Morgan fingerprint density at radius 2 is 2.11 bits per heavy atom. The van der Waals surface area contributed by atoms with E-state index in [4.69, 9.17) is 11.6 Å². The zero-order valence-electron chi connectivity index (χ0n) is 11.2. The molecule has 1 N–H and O–H groups in total. The number of rotatable bonds is 3. The highest BCUT2D eigenvalue weighted by atomic mass is 35.5. The van der Waals surface area contributed by atoms with Crippen molar-refractivity contribution in [3.05, 3.63) is 27.5 Å². The van der Waals surface area contributed by atoms with E-state index in [1.807, 2.05) is 13.8 Å². The van der Waals surface area contributed by atoms with Crippen molar-refractivity contribution >= 4 is 34.0 Å². The molecule has 5 nitrogen and oxygen atoms in total. The summed E-state index contributed by atoms with van der Waals surface area (Å²) in [6.07, 6.45) is 1.65. The van der Waals surface area contributed by atoms with Crippen LogP contribution in [0.3, 0.4) is 0 Å². The summed E-state index contributed by atoms with van der Waals surface area (Å²) in [5.74, 6) is -0.159. The van der Waals surface area contributed by atoms with E-state index < -0.39 is 6.04 Å². The lowest BCUT2D eigenvalue weighted by molar-refractivity contribution is -0.119. The number of nitrogens with zero attached hydrogens (tertiary/aromatic N) is 3. The van der Waals surface area contributed by atoms with Gasteiger partial charge in [0, 0.05) is 11.1 Å². The van der Waals surface area contributed by atoms with Crippen molar-refractivity contribution < 1.29 is 4.79 Å². The van der Waals surface area contributed by atoms with Crippen LogP contribution in [0.1, 0.15) is 29.2 Å². The van der Waals surface area contributed by atoms with Crippen LogP contribution in [0.4, 0.5) is 5.13 Å². The smallest absolute Gasteiger partial charge is 0.250 e. The number of aryl methyl sites for hydroxylation is 3. The van der Waals surface area contributed by atoms with Crippen LogP contribution in [0.5, 0.6) is 0 Å². The summed E-state index contributed by atoms with van der Waals surface area (Å²) in [5.41, 5.74) is 1.65. The molecule has 0 aliphatic carbocycles. The van der Waals surface area contributed by atoms with E-state index in [-0.39, 0.29) is 5.91 Å². The zero-order chi connectivity index (χ0) is 14.2. The van der Waals surface area contributed by atoms with Gasteiger partial charge in [0.2, 0.25) is 0 Å². The van der Waals surface area contributed by atoms with Crippen molar-refractivity contribution in [1.82, 2.24) is 14.8 Å². The van der Waals surface area contributed by atoms with Crippen molar-refractivity contribution in [3.8, 4) is 0 Å². The van der Waals surface area contributed by atoms with Crippen LogP contribution in [0.25, 0.3) is 0 Å². The molecule has 0 saturated carbocycles. The van der Waals surface area contributed by atoms with Crippen LogP contribution in [0, 0.1) is 20.8 Å². The molecule has 0 saturated heterocycles. The number of anilines is 1. The second kappa shape index (κ2) is 5.30. The molecule has 0 spiro atoms. The number of amides is 1. The Morgan fingerprint density at radius 3 is 2.58 bits per heavy atom. The first-order valence-electron chi connectivity index (χ1n) is 5.84. The van der Waals surface area contributed by atoms with Gasteiger partial charge in [0.1, 0.15) is 6.04 Å². The molecule has 0 fully saturated rings. The Balaban J connectivity index is 2.11. The molecular formula is C12H15ClN4OS. The molecule has 0 bridgehead atoms. The van der Waals surface area contributed by atoms with Crippen LogP contribution < -0.4 is 5.32 Å². The lowest BCUT2D eigenvalue weighted by atomic mass is 10.3. The van der Waals surface area contributed by atoms with Gasteiger partial charge in [-0.15, -0.1) is 11.3 Å². The second-order valence-corrected chi connectivity index (χ2v) is 5.98. The molecule has 19 heavy (non-hydrogen) atoms. The predicted octanol–water partition coefficient (Wildman–Crippen LogP) is 3.12. The topological polar surface area (TPSA) is 59.8 Å². The molecule has 2 aromatic rings.